The zero-order chi connectivity index (χ0) is 9.80. The fourth-order valence-corrected chi connectivity index (χ4v) is 3.38. The van der Waals surface area contributed by atoms with Gasteiger partial charge in [-0.2, -0.15) is 0 Å². The molecule has 0 saturated heterocycles. The Morgan fingerprint density at radius 1 is 1.00 bits per heavy atom. The maximum atomic E-state index is 2.43. The molecule has 0 N–H and O–H groups in total. The second-order valence-corrected chi connectivity index (χ2v) is 5.66. The summed E-state index contributed by atoms with van der Waals surface area (Å²) in [5.74, 6) is 3.97. The molecule has 81 valence electrons. The van der Waals surface area contributed by atoms with Crippen LogP contribution in [-0.4, -0.2) is 0 Å². The van der Waals surface area contributed by atoms with E-state index < -0.39 is 0 Å². The minimum absolute atomic E-state index is 0.988. The lowest BCUT2D eigenvalue weighted by molar-refractivity contribution is 0.307. The van der Waals surface area contributed by atoms with Gasteiger partial charge in [-0.1, -0.05) is 51.9 Å². The Kier molecular flexibility index (Phi) is 3.89. The molecule has 1 radical (unpaired) electrons. The van der Waals surface area contributed by atoms with E-state index in [0.717, 1.165) is 11.8 Å². The van der Waals surface area contributed by atoms with Crippen molar-refractivity contribution in [1.29, 1.82) is 0 Å². The molecule has 0 amide bonds. The Hall–Kier alpha value is 0. The van der Waals surface area contributed by atoms with Crippen molar-refractivity contribution in [3.05, 3.63) is 5.92 Å². The summed E-state index contributed by atoms with van der Waals surface area (Å²) in [6.45, 7) is 2.43. The minimum Gasteiger partial charge on any atom is -0.0625 e. The fourth-order valence-electron chi connectivity index (χ4n) is 3.38. The van der Waals surface area contributed by atoms with Crippen LogP contribution in [0.4, 0.5) is 0 Å². The van der Waals surface area contributed by atoms with Gasteiger partial charge in [0.1, 0.15) is 0 Å². The van der Waals surface area contributed by atoms with E-state index in [2.05, 4.69) is 6.92 Å². The lowest BCUT2D eigenvalue weighted by atomic mass is 9.75. The van der Waals surface area contributed by atoms with Crippen molar-refractivity contribution in [3.8, 4) is 0 Å². The Morgan fingerprint density at radius 3 is 2.50 bits per heavy atom. The summed E-state index contributed by atoms with van der Waals surface area (Å²) in [6.07, 6.45) is 14.9. The minimum atomic E-state index is 0.988. The maximum absolute atomic E-state index is 2.43. The van der Waals surface area contributed by atoms with Crippen molar-refractivity contribution in [1.82, 2.24) is 0 Å². The molecular weight excluding hydrogens is 168 g/mol. The zero-order valence-corrected chi connectivity index (χ0v) is 9.73. The first kappa shape index (κ1) is 10.5. The summed E-state index contributed by atoms with van der Waals surface area (Å²) in [7, 11) is 0. The average molecular weight is 193 g/mol. The van der Waals surface area contributed by atoms with Gasteiger partial charge in [0.15, 0.2) is 0 Å². The van der Waals surface area contributed by atoms with Gasteiger partial charge in [-0.15, -0.1) is 0 Å². The van der Waals surface area contributed by atoms with Crippen LogP contribution in [0, 0.1) is 17.8 Å². The predicted octanol–water partition coefficient (Wildman–Crippen LogP) is 4.74. The van der Waals surface area contributed by atoms with Gasteiger partial charge in [0.05, 0.1) is 0 Å². The molecule has 0 aliphatic heterocycles. The number of rotatable bonds is 2. The monoisotopic (exact) mass is 193 g/mol. The Bertz CT molecular complexity index is 155. The molecule has 0 bridgehead atoms. The van der Waals surface area contributed by atoms with Crippen molar-refractivity contribution in [3.63, 3.8) is 0 Å². The van der Waals surface area contributed by atoms with Crippen LogP contribution in [0.2, 0.25) is 0 Å². The largest absolute Gasteiger partial charge is 0.0625 e. The normalized spacial score (nSPS) is 31.9. The van der Waals surface area contributed by atoms with E-state index in [4.69, 9.17) is 0 Å². The molecule has 0 heterocycles. The van der Waals surface area contributed by atoms with E-state index >= 15 is 0 Å². The van der Waals surface area contributed by atoms with Gasteiger partial charge >= 0.3 is 0 Å². The van der Waals surface area contributed by atoms with Gasteiger partial charge in [0.25, 0.3) is 0 Å². The molecule has 0 aromatic carbocycles. The second-order valence-electron chi connectivity index (χ2n) is 5.66. The quantitative estimate of drug-likeness (QED) is 0.594. The van der Waals surface area contributed by atoms with E-state index in [1.54, 1.807) is 0 Å². The highest BCUT2D eigenvalue weighted by atomic mass is 14.3. The zero-order valence-electron chi connectivity index (χ0n) is 9.73. The topological polar surface area (TPSA) is 0 Å². The average Bonchev–Trinajstić information content (AvgIpc) is 2.19. The van der Waals surface area contributed by atoms with E-state index in [-0.39, 0.29) is 0 Å². The summed E-state index contributed by atoms with van der Waals surface area (Å²) in [5, 5.41) is 0. The standard InChI is InChI=1S/C14H25/c1-12-6-5-9-14(10-12)11-13-7-3-2-4-8-13/h12-13H,2-11H2,1H3. The van der Waals surface area contributed by atoms with E-state index in [0.29, 0.717) is 0 Å². The highest BCUT2D eigenvalue weighted by Crippen LogP contribution is 2.38. The van der Waals surface area contributed by atoms with Gasteiger partial charge in [0, 0.05) is 0 Å². The van der Waals surface area contributed by atoms with Crippen molar-refractivity contribution in [2.75, 3.05) is 0 Å². The van der Waals surface area contributed by atoms with Crippen molar-refractivity contribution >= 4 is 0 Å². The van der Waals surface area contributed by atoms with Gasteiger partial charge < -0.3 is 0 Å². The van der Waals surface area contributed by atoms with Crippen LogP contribution < -0.4 is 0 Å². The van der Waals surface area contributed by atoms with Crippen LogP contribution in [0.3, 0.4) is 0 Å². The molecule has 0 aromatic rings. The van der Waals surface area contributed by atoms with E-state index in [1.807, 2.05) is 5.92 Å². The Balaban J connectivity index is 1.72. The molecule has 0 aromatic heterocycles. The predicted molar refractivity (Wildman–Crippen MR) is 62.1 cm³/mol. The molecule has 2 saturated carbocycles. The van der Waals surface area contributed by atoms with Crippen LogP contribution in [0.5, 0.6) is 0 Å². The molecular formula is C14H25. The van der Waals surface area contributed by atoms with Gasteiger partial charge in [-0.05, 0) is 37.0 Å². The third kappa shape index (κ3) is 3.00. The SMILES string of the molecule is CC1CCC[C](CC2CCCCC2)C1. The summed E-state index contributed by atoms with van der Waals surface area (Å²) >= 11 is 0. The molecule has 2 rings (SSSR count). The smallest absolute Gasteiger partial charge is 0.0236 e. The fraction of sp³-hybridized carbons (Fsp3) is 0.929. The van der Waals surface area contributed by atoms with Crippen molar-refractivity contribution in [2.24, 2.45) is 11.8 Å². The molecule has 1 atom stereocenters. The molecule has 0 nitrogen and oxygen atoms in total. The van der Waals surface area contributed by atoms with E-state index in [1.165, 1.54) is 64.2 Å². The third-order valence-electron chi connectivity index (χ3n) is 4.17. The molecule has 0 heteroatoms. The van der Waals surface area contributed by atoms with Gasteiger partial charge in [0.2, 0.25) is 0 Å². The van der Waals surface area contributed by atoms with E-state index in [9.17, 15) is 0 Å². The number of hydrogen-bond donors (Lipinski definition) is 0. The highest BCUT2D eigenvalue weighted by Gasteiger charge is 2.23. The summed E-state index contributed by atoms with van der Waals surface area (Å²) in [5.41, 5.74) is 0. The van der Waals surface area contributed by atoms with Gasteiger partial charge in [-0.25, -0.2) is 0 Å². The van der Waals surface area contributed by atoms with Crippen molar-refractivity contribution < 1.29 is 0 Å². The summed E-state index contributed by atoms with van der Waals surface area (Å²) < 4.78 is 0. The first-order valence-corrected chi connectivity index (χ1v) is 6.68. The molecule has 14 heavy (non-hydrogen) atoms. The molecule has 2 fully saturated rings. The lowest BCUT2D eigenvalue weighted by Gasteiger charge is -2.31. The maximum Gasteiger partial charge on any atom is -0.0236 e. The number of hydrogen-bond acceptors (Lipinski definition) is 0. The van der Waals surface area contributed by atoms with Crippen LogP contribution in [0.1, 0.15) is 71.1 Å². The summed E-state index contributed by atoms with van der Waals surface area (Å²) in [6, 6.07) is 0. The molecule has 1 unspecified atom stereocenters. The van der Waals surface area contributed by atoms with Crippen molar-refractivity contribution in [2.45, 2.75) is 71.1 Å². The summed E-state index contributed by atoms with van der Waals surface area (Å²) in [4.78, 5) is 0. The van der Waals surface area contributed by atoms with Crippen LogP contribution in [-0.2, 0) is 0 Å². The van der Waals surface area contributed by atoms with Crippen LogP contribution >= 0.6 is 0 Å². The Labute approximate surface area is 89.5 Å². The van der Waals surface area contributed by atoms with Gasteiger partial charge in [-0.3, -0.25) is 0 Å². The first-order valence-electron chi connectivity index (χ1n) is 6.68. The molecule has 0 spiro atoms. The highest BCUT2D eigenvalue weighted by molar-refractivity contribution is 4.96. The lowest BCUT2D eigenvalue weighted by Crippen LogP contribution is -2.16. The third-order valence-corrected chi connectivity index (χ3v) is 4.17. The molecule has 2 aliphatic rings. The second kappa shape index (κ2) is 5.19. The van der Waals surface area contributed by atoms with Crippen LogP contribution in [0.15, 0.2) is 0 Å². The first-order chi connectivity index (χ1) is 6.84. The Morgan fingerprint density at radius 2 is 1.79 bits per heavy atom. The van der Waals surface area contributed by atoms with Crippen LogP contribution in [0.25, 0.3) is 0 Å². The molecule has 2 aliphatic carbocycles.